The molecule has 100 valence electrons. The fourth-order valence-corrected chi connectivity index (χ4v) is 2.76. The first-order valence-electron chi connectivity index (χ1n) is 7.12. The van der Waals surface area contributed by atoms with E-state index in [0.29, 0.717) is 0 Å². The van der Waals surface area contributed by atoms with Crippen LogP contribution in [0, 0.1) is 12.8 Å². The number of hydrogen-bond acceptors (Lipinski definition) is 2. The molecule has 1 saturated carbocycles. The number of aryl methyl sites for hydroxylation is 1. The van der Waals surface area contributed by atoms with Crippen LogP contribution in [0.2, 0.25) is 0 Å². The largest absolute Gasteiger partial charge is 0.372 e. The van der Waals surface area contributed by atoms with Gasteiger partial charge >= 0.3 is 0 Å². The normalized spacial score (nSPS) is 18.1. The van der Waals surface area contributed by atoms with E-state index in [9.17, 15) is 0 Å². The van der Waals surface area contributed by atoms with E-state index in [1.54, 1.807) is 0 Å². The summed E-state index contributed by atoms with van der Waals surface area (Å²) in [6.07, 6.45) is 5.65. The van der Waals surface area contributed by atoms with Crippen molar-refractivity contribution in [1.82, 2.24) is 5.32 Å². The molecular weight excluding hydrogens is 222 g/mol. The van der Waals surface area contributed by atoms with Gasteiger partial charge < -0.3 is 10.1 Å². The molecule has 0 heterocycles. The molecule has 0 saturated heterocycles. The SMILES string of the molecule is CNCC(OCC1CCCC1)c1cccc(C)c1. The minimum Gasteiger partial charge on any atom is -0.372 e. The highest BCUT2D eigenvalue weighted by atomic mass is 16.5. The molecule has 0 aliphatic heterocycles. The van der Waals surface area contributed by atoms with Crippen molar-refractivity contribution in [3.63, 3.8) is 0 Å². The highest BCUT2D eigenvalue weighted by Gasteiger charge is 2.18. The summed E-state index contributed by atoms with van der Waals surface area (Å²) in [5.41, 5.74) is 2.60. The minimum absolute atomic E-state index is 0.190. The third-order valence-corrected chi connectivity index (χ3v) is 3.81. The summed E-state index contributed by atoms with van der Waals surface area (Å²) in [4.78, 5) is 0. The van der Waals surface area contributed by atoms with Gasteiger partial charge in [-0.25, -0.2) is 0 Å². The average Bonchev–Trinajstić information content (AvgIpc) is 2.87. The molecule has 1 fully saturated rings. The number of hydrogen-bond donors (Lipinski definition) is 1. The molecule has 0 spiro atoms. The average molecular weight is 247 g/mol. The summed E-state index contributed by atoms with van der Waals surface area (Å²) >= 11 is 0. The first-order chi connectivity index (χ1) is 8.79. The molecule has 1 atom stereocenters. The van der Waals surface area contributed by atoms with Crippen molar-refractivity contribution in [1.29, 1.82) is 0 Å². The Morgan fingerprint density at radius 2 is 2.11 bits per heavy atom. The summed E-state index contributed by atoms with van der Waals surface area (Å²) < 4.78 is 6.14. The van der Waals surface area contributed by atoms with E-state index >= 15 is 0 Å². The maximum absolute atomic E-state index is 6.14. The van der Waals surface area contributed by atoms with E-state index in [0.717, 1.165) is 19.1 Å². The molecular formula is C16H25NO. The Bertz CT molecular complexity index is 358. The summed E-state index contributed by atoms with van der Waals surface area (Å²) in [6.45, 7) is 3.94. The van der Waals surface area contributed by atoms with Crippen LogP contribution in [0.1, 0.15) is 42.9 Å². The maximum Gasteiger partial charge on any atom is 0.0949 e. The van der Waals surface area contributed by atoms with Crippen LogP contribution in [-0.2, 0) is 4.74 Å². The van der Waals surface area contributed by atoms with Gasteiger partial charge in [0.1, 0.15) is 0 Å². The second-order valence-corrected chi connectivity index (χ2v) is 5.44. The van der Waals surface area contributed by atoms with Gasteiger partial charge in [-0.2, -0.15) is 0 Å². The smallest absolute Gasteiger partial charge is 0.0949 e. The molecule has 1 aromatic rings. The lowest BCUT2D eigenvalue weighted by atomic mass is 10.1. The summed E-state index contributed by atoms with van der Waals surface area (Å²) in [6, 6.07) is 8.66. The van der Waals surface area contributed by atoms with Crippen molar-refractivity contribution >= 4 is 0 Å². The zero-order valence-electron chi connectivity index (χ0n) is 11.6. The molecule has 0 bridgehead atoms. The maximum atomic E-state index is 6.14. The van der Waals surface area contributed by atoms with E-state index in [2.05, 4.69) is 36.5 Å². The monoisotopic (exact) mass is 247 g/mol. The number of benzene rings is 1. The molecule has 2 heteroatoms. The van der Waals surface area contributed by atoms with Gasteiger partial charge in [0.15, 0.2) is 0 Å². The lowest BCUT2D eigenvalue weighted by molar-refractivity contribution is 0.0305. The Balaban J connectivity index is 1.94. The fraction of sp³-hybridized carbons (Fsp3) is 0.625. The van der Waals surface area contributed by atoms with Gasteiger partial charge in [0, 0.05) is 6.54 Å². The molecule has 18 heavy (non-hydrogen) atoms. The van der Waals surface area contributed by atoms with Gasteiger partial charge in [0.2, 0.25) is 0 Å². The fourth-order valence-electron chi connectivity index (χ4n) is 2.76. The van der Waals surface area contributed by atoms with Crippen LogP contribution < -0.4 is 5.32 Å². The topological polar surface area (TPSA) is 21.3 Å². The van der Waals surface area contributed by atoms with Crippen LogP contribution in [0.4, 0.5) is 0 Å². The summed E-state index contributed by atoms with van der Waals surface area (Å²) in [5.74, 6) is 0.786. The first-order valence-corrected chi connectivity index (χ1v) is 7.12. The van der Waals surface area contributed by atoms with E-state index in [4.69, 9.17) is 4.74 Å². The Kier molecular flexibility index (Phi) is 5.21. The molecule has 2 nitrogen and oxygen atoms in total. The molecule has 1 aliphatic rings. The van der Waals surface area contributed by atoms with Crippen LogP contribution in [0.25, 0.3) is 0 Å². The first kappa shape index (κ1) is 13.6. The van der Waals surface area contributed by atoms with Gasteiger partial charge in [-0.15, -0.1) is 0 Å². The zero-order valence-corrected chi connectivity index (χ0v) is 11.6. The summed E-state index contributed by atoms with van der Waals surface area (Å²) in [7, 11) is 1.99. The highest BCUT2D eigenvalue weighted by Crippen LogP contribution is 2.27. The van der Waals surface area contributed by atoms with Gasteiger partial charge in [0.05, 0.1) is 12.7 Å². The molecule has 1 N–H and O–H groups in total. The molecule has 2 rings (SSSR count). The van der Waals surface area contributed by atoms with Crippen molar-refractivity contribution in [3.8, 4) is 0 Å². The Morgan fingerprint density at radius 3 is 2.78 bits per heavy atom. The molecule has 0 amide bonds. The van der Waals surface area contributed by atoms with Crippen LogP contribution >= 0.6 is 0 Å². The third-order valence-electron chi connectivity index (χ3n) is 3.81. The van der Waals surface area contributed by atoms with Crippen molar-refractivity contribution in [2.45, 2.75) is 38.7 Å². The van der Waals surface area contributed by atoms with Crippen molar-refractivity contribution in [2.75, 3.05) is 20.2 Å². The van der Waals surface area contributed by atoms with Crippen molar-refractivity contribution in [2.24, 2.45) is 5.92 Å². The van der Waals surface area contributed by atoms with E-state index in [1.165, 1.54) is 36.8 Å². The van der Waals surface area contributed by atoms with Gasteiger partial charge in [-0.1, -0.05) is 42.7 Å². The number of ether oxygens (including phenoxy) is 1. The van der Waals surface area contributed by atoms with Gasteiger partial charge in [0.25, 0.3) is 0 Å². The molecule has 1 unspecified atom stereocenters. The predicted molar refractivity (Wildman–Crippen MR) is 75.8 cm³/mol. The molecule has 1 aromatic carbocycles. The van der Waals surface area contributed by atoms with Gasteiger partial charge in [-0.05, 0) is 38.3 Å². The quantitative estimate of drug-likeness (QED) is 0.831. The van der Waals surface area contributed by atoms with Crippen molar-refractivity contribution in [3.05, 3.63) is 35.4 Å². The van der Waals surface area contributed by atoms with E-state index in [-0.39, 0.29) is 6.10 Å². The van der Waals surface area contributed by atoms with E-state index in [1.807, 2.05) is 7.05 Å². The third kappa shape index (κ3) is 3.82. The van der Waals surface area contributed by atoms with Crippen LogP contribution in [0.15, 0.2) is 24.3 Å². The zero-order chi connectivity index (χ0) is 12.8. The lowest BCUT2D eigenvalue weighted by Crippen LogP contribution is -2.21. The Morgan fingerprint density at radius 1 is 1.33 bits per heavy atom. The number of rotatable bonds is 6. The van der Waals surface area contributed by atoms with Gasteiger partial charge in [-0.3, -0.25) is 0 Å². The van der Waals surface area contributed by atoms with Crippen LogP contribution in [-0.4, -0.2) is 20.2 Å². The lowest BCUT2D eigenvalue weighted by Gasteiger charge is -2.20. The van der Waals surface area contributed by atoms with Crippen molar-refractivity contribution < 1.29 is 4.74 Å². The number of likely N-dealkylation sites (N-methyl/N-ethyl adjacent to an activating group) is 1. The molecule has 0 aromatic heterocycles. The summed E-state index contributed by atoms with van der Waals surface area (Å²) in [5, 5.41) is 3.24. The highest BCUT2D eigenvalue weighted by molar-refractivity contribution is 5.24. The van der Waals surface area contributed by atoms with E-state index < -0.39 is 0 Å². The Hall–Kier alpha value is -0.860. The standard InChI is InChI=1S/C16H25NO/c1-13-6-5-9-15(10-13)16(11-17-2)18-12-14-7-3-4-8-14/h5-6,9-10,14,16-17H,3-4,7-8,11-12H2,1-2H3. The predicted octanol–water partition coefficient (Wildman–Crippen LogP) is 3.46. The van der Waals surface area contributed by atoms with Crippen LogP contribution in [0.5, 0.6) is 0 Å². The molecule has 0 radical (unpaired) electrons. The second kappa shape index (κ2) is 6.91. The molecule has 1 aliphatic carbocycles. The Labute approximate surface area is 111 Å². The number of nitrogens with one attached hydrogen (secondary N) is 1. The second-order valence-electron chi connectivity index (χ2n) is 5.44. The minimum atomic E-state index is 0.190. The van der Waals surface area contributed by atoms with Crippen LogP contribution in [0.3, 0.4) is 0 Å².